The molecule has 0 spiro atoms. The molecular formula is C12H6FN5. The second-order valence-corrected chi connectivity index (χ2v) is 3.65. The monoisotopic (exact) mass is 239 g/mol. The van der Waals surface area contributed by atoms with Gasteiger partial charge in [-0.15, -0.1) is 0 Å². The molecule has 0 fully saturated rings. The van der Waals surface area contributed by atoms with Gasteiger partial charge in [-0.3, -0.25) is 10.1 Å². The van der Waals surface area contributed by atoms with Gasteiger partial charge in [0.15, 0.2) is 5.69 Å². The van der Waals surface area contributed by atoms with Crippen molar-refractivity contribution >= 4 is 10.9 Å². The summed E-state index contributed by atoms with van der Waals surface area (Å²) in [4.78, 5) is 8.07. The van der Waals surface area contributed by atoms with Gasteiger partial charge in [0, 0.05) is 10.9 Å². The average molecular weight is 239 g/mol. The summed E-state index contributed by atoms with van der Waals surface area (Å²) in [6.07, 6.45) is 4.40. The van der Waals surface area contributed by atoms with E-state index in [1.807, 2.05) is 6.07 Å². The van der Waals surface area contributed by atoms with E-state index in [1.54, 1.807) is 6.07 Å². The maximum atomic E-state index is 13.5. The molecule has 0 bridgehead atoms. The Balaban J connectivity index is 2.22. The van der Waals surface area contributed by atoms with Crippen molar-refractivity contribution in [2.24, 2.45) is 0 Å². The zero-order valence-corrected chi connectivity index (χ0v) is 9.05. The molecule has 0 amide bonds. The number of H-pyrrole nitrogens is 1. The SMILES string of the molecule is N#Cc1cnc(-c2ccc(F)c3[nH]ncc23)cn1. The molecule has 0 aliphatic carbocycles. The molecule has 6 heteroatoms. The third kappa shape index (κ3) is 1.50. The molecule has 86 valence electrons. The van der Waals surface area contributed by atoms with E-state index in [2.05, 4.69) is 20.2 Å². The van der Waals surface area contributed by atoms with Crippen molar-refractivity contribution in [3.63, 3.8) is 0 Å². The first-order chi connectivity index (χ1) is 8.79. The van der Waals surface area contributed by atoms with Crippen LogP contribution in [0.25, 0.3) is 22.2 Å². The largest absolute Gasteiger partial charge is 0.275 e. The van der Waals surface area contributed by atoms with Crippen LogP contribution in [0, 0.1) is 17.1 Å². The van der Waals surface area contributed by atoms with Crippen LogP contribution in [-0.2, 0) is 0 Å². The molecule has 2 heterocycles. The zero-order valence-electron chi connectivity index (χ0n) is 9.05. The van der Waals surface area contributed by atoms with Gasteiger partial charge in [0.2, 0.25) is 0 Å². The highest BCUT2D eigenvalue weighted by molar-refractivity contribution is 5.93. The fourth-order valence-corrected chi connectivity index (χ4v) is 1.75. The third-order valence-electron chi connectivity index (χ3n) is 2.61. The van der Waals surface area contributed by atoms with Crippen molar-refractivity contribution in [2.45, 2.75) is 0 Å². The lowest BCUT2D eigenvalue weighted by Crippen LogP contribution is -1.90. The number of hydrogen-bond donors (Lipinski definition) is 1. The van der Waals surface area contributed by atoms with Crippen molar-refractivity contribution in [3.8, 4) is 17.3 Å². The van der Waals surface area contributed by atoms with E-state index in [0.29, 0.717) is 16.6 Å². The van der Waals surface area contributed by atoms with E-state index >= 15 is 0 Å². The lowest BCUT2D eigenvalue weighted by atomic mass is 10.1. The van der Waals surface area contributed by atoms with Crippen LogP contribution in [-0.4, -0.2) is 20.2 Å². The molecule has 5 nitrogen and oxygen atoms in total. The van der Waals surface area contributed by atoms with Crippen LogP contribution in [0.5, 0.6) is 0 Å². The Hall–Kier alpha value is -2.81. The first-order valence-corrected chi connectivity index (χ1v) is 5.13. The van der Waals surface area contributed by atoms with Gasteiger partial charge in [-0.25, -0.2) is 9.37 Å². The van der Waals surface area contributed by atoms with Crippen molar-refractivity contribution in [1.82, 2.24) is 20.2 Å². The number of benzene rings is 1. The van der Waals surface area contributed by atoms with E-state index in [-0.39, 0.29) is 11.5 Å². The highest BCUT2D eigenvalue weighted by Crippen LogP contribution is 2.27. The number of fused-ring (bicyclic) bond motifs is 1. The van der Waals surface area contributed by atoms with Gasteiger partial charge in [-0.05, 0) is 12.1 Å². The molecule has 18 heavy (non-hydrogen) atoms. The number of nitrogens with one attached hydrogen (secondary N) is 1. The van der Waals surface area contributed by atoms with E-state index in [1.165, 1.54) is 24.7 Å². The standard InChI is InChI=1S/C12H6FN5/c13-10-2-1-8(9-5-17-18-12(9)10)11-6-15-7(3-14)4-16-11/h1-2,4-6H,(H,17,18). The number of aromatic amines is 1. The average Bonchev–Trinajstić information content (AvgIpc) is 2.90. The van der Waals surface area contributed by atoms with Crippen molar-refractivity contribution < 1.29 is 4.39 Å². The van der Waals surface area contributed by atoms with Crippen LogP contribution in [0.2, 0.25) is 0 Å². The van der Waals surface area contributed by atoms with Gasteiger partial charge in [-0.1, -0.05) is 0 Å². The van der Waals surface area contributed by atoms with E-state index in [4.69, 9.17) is 5.26 Å². The Kier molecular flexibility index (Phi) is 2.24. The Morgan fingerprint density at radius 3 is 2.78 bits per heavy atom. The summed E-state index contributed by atoms with van der Waals surface area (Å²) >= 11 is 0. The van der Waals surface area contributed by atoms with Crippen LogP contribution in [0.1, 0.15) is 5.69 Å². The third-order valence-corrected chi connectivity index (χ3v) is 2.61. The zero-order chi connectivity index (χ0) is 12.5. The summed E-state index contributed by atoms with van der Waals surface area (Å²) in [6, 6.07) is 4.85. The van der Waals surface area contributed by atoms with Gasteiger partial charge in [-0.2, -0.15) is 10.4 Å². The second-order valence-electron chi connectivity index (χ2n) is 3.65. The number of nitriles is 1. The molecule has 3 aromatic rings. The summed E-state index contributed by atoms with van der Waals surface area (Å²) in [7, 11) is 0. The fraction of sp³-hybridized carbons (Fsp3) is 0. The smallest absolute Gasteiger partial charge is 0.158 e. The summed E-state index contributed by atoms with van der Waals surface area (Å²) in [5.41, 5.74) is 1.86. The molecule has 0 aliphatic rings. The summed E-state index contributed by atoms with van der Waals surface area (Å²) in [5, 5.41) is 15.7. The molecule has 0 aliphatic heterocycles. The van der Waals surface area contributed by atoms with E-state index in [9.17, 15) is 4.39 Å². The summed E-state index contributed by atoms with van der Waals surface area (Å²) in [6.45, 7) is 0. The first-order valence-electron chi connectivity index (χ1n) is 5.13. The highest BCUT2D eigenvalue weighted by Gasteiger charge is 2.10. The predicted octanol–water partition coefficient (Wildman–Crippen LogP) is 2.03. The van der Waals surface area contributed by atoms with Crippen LogP contribution in [0.15, 0.2) is 30.7 Å². The maximum Gasteiger partial charge on any atom is 0.158 e. The van der Waals surface area contributed by atoms with Crippen molar-refractivity contribution in [3.05, 3.63) is 42.2 Å². The Morgan fingerprint density at radius 2 is 2.06 bits per heavy atom. The summed E-state index contributed by atoms with van der Waals surface area (Å²) < 4.78 is 13.5. The minimum Gasteiger partial charge on any atom is -0.275 e. The van der Waals surface area contributed by atoms with Crippen molar-refractivity contribution in [2.75, 3.05) is 0 Å². The van der Waals surface area contributed by atoms with Gasteiger partial charge in [0.25, 0.3) is 0 Å². The molecular weight excluding hydrogens is 233 g/mol. The number of halogens is 1. The van der Waals surface area contributed by atoms with Gasteiger partial charge in [0.05, 0.1) is 24.3 Å². The molecule has 0 saturated heterocycles. The number of hydrogen-bond acceptors (Lipinski definition) is 4. The molecule has 2 aromatic heterocycles. The number of aromatic nitrogens is 4. The van der Waals surface area contributed by atoms with Crippen LogP contribution in [0.3, 0.4) is 0 Å². The lowest BCUT2D eigenvalue weighted by molar-refractivity contribution is 0.636. The first kappa shape index (κ1) is 10.4. The number of nitrogens with zero attached hydrogens (tertiary/aromatic N) is 4. The molecule has 0 saturated carbocycles. The topological polar surface area (TPSA) is 78.2 Å². The van der Waals surface area contributed by atoms with Crippen molar-refractivity contribution in [1.29, 1.82) is 5.26 Å². The number of rotatable bonds is 1. The predicted molar refractivity (Wildman–Crippen MR) is 61.8 cm³/mol. The van der Waals surface area contributed by atoms with Crippen LogP contribution < -0.4 is 0 Å². The van der Waals surface area contributed by atoms with Gasteiger partial charge < -0.3 is 0 Å². The van der Waals surface area contributed by atoms with Gasteiger partial charge in [0.1, 0.15) is 17.4 Å². The normalized spacial score (nSPS) is 10.4. The van der Waals surface area contributed by atoms with Gasteiger partial charge >= 0.3 is 0 Å². The Bertz CT molecular complexity index is 754. The molecule has 0 unspecified atom stereocenters. The molecule has 0 radical (unpaired) electrons. The summed E-state index contributed by atoms with van der Waals surface area (Å²) in [5.74, 6) is -0.368. The van der Waals surface area contributed by atoms with E-state index < -0.39 is 0 Å². The molecule has 0 atom stereocenters. The minimum atomic E-state index is -0.368. The lowest BCUT2D eigenvalue weighted by Gasteiger charge is -2.02. The molecule has 1 N–H and O–H groups in total. The fourth-order valence-electron chi connectivity index (χ4n) is 1.75. The Morgan fingerprint density at radius 1 is 1.17 bits per heavy atom. The van der Waals surface area contributed by atoms with E-state index in [0.717, 1.165) is 5.56 Å². The Labute approximate surface area is 101 Å². The maximum absolute atomic E-state index is 13.5. The highest BCUT2D eigenvalue weighted by atomic mass is 19.1. The van der Waals surface area contributed by atoms with Crippen LogP contribution in [0.4, 0.5) is 4.39 Å². The quantitative estimate of drug-likeness (QED) is 0.704. The second kappa shape index (κ2) is 3.89. The minimum absolute atomic E-state index is 0.240. The molecule has 1 aromatic carbocycles. The molecule has 3 rings (SSSR count). The van der Waals surface area contributed by atoms with Crippen LogP contribution >= 0.6 is 0 Å².